The molecule has 2 aromatic carbocycles. The highest BCUT2D eigenvalue weighted by Crippen LogP contribution is 2.39. The van der Waals surface area contributed by atoms with E-state index in [1.807, 2.05) is 4.57 Å². The molecule has 0 atom stereocenters. The number of aromatic nitrogens is 3. The van der Waals surface area contributed by atoms with Crippen molar-refractivity contribution in [1.29, 1.82) is 0 Å². The second kappa shape index (κ2) is 12.8. The average Bonchev–Trinajstić information content (AvgIpc) is 3.54. The summed E-state index contributed by atoms with van der Waals surface area (Å²) in [6.45, 7) is 8.46. The zero-order valence-electron chi connectivity index (χ0n) is 22.5. The number of nitrogens with zero attached hydrogens (tertiary/aromatic N) is 3. The van der Waals surface area contributed by atoms with Gasteiger partial charge in [0, 0.05) is 27.9 Å². The van der Waals surface area contributed by atoms with Gasteiger partial charge < -0.3 is 14.8 Å². The van der Waals surface area contributed by atoms with E-state index in [0.29, 0.717) is 17.5 Å². The SMILES string of the molecule is C=CCn1c(SCC(=O)Nc2cc(C(=O)OC)ccc2C(=O)OC)nnc1-c1csc(C)c1-c1ccc(C)cc1. The number of amides is 1. The van der Waals surface area contributed by atoms with Crippen LogP contribution < -0.4 is 5.32 Å². The first-order chi connectivity index (χ1) is 19.3. The van der Waals surface area contributed by atoms with Crippen LogP contribution in [0.5, 0.6) is 0 Å². The fourth-order valence-corrected chi connectivity index (χ4v) is 5.69. The normalized spacial score (nSPS) is 10.7. The lowest BCUT2D eigenvalue weighted by Gasteiger charge is -2.12. The largest absolute Gasteiger partial charge is 0.465 e. The third kappa shape index (κ3) is 6.16. The molecule has 1 N–H and O–H groups in total. The van der Waals surface area contributed by atoms with Gasteiger partial charge in [-0.25, -0.2) is 9.59 Å². The lowest BCUT2D eigenvalue weighted by Crippen LogP contribution is -2.18. The minimum absolute atomic E-state index is 0.0220. The number of rotatable bonds is 10. The molecule has 0 saturated heterocycles. The molecule has 0 radical (unpaired) electrons. The van der Waals surface area contributed by atoms with E-state index in [4.69, 9.17) is 9.47 Å². The molecule has 0 spiro atoms. The van der Waals surface area contributed by atoms with Crippen molar-refractivity contribution in [1.82, 2.24) is 14.8 Å². The molecule has 9 nitrogen and oxygen atoms in total. The number of esters is 2. The number of allylic oxidation sites excluding steroid dienone is 1. The average molecular weight is 577 g/mol. The predicted molar refractivity (Wildman–Crippen MR) is 157 cm³/mol. The second-order valence-corrected chi connectivity index (χ2v) is 10.8. The Balaban J connectivity index is 1.58. The van der Waals surface area contributed by atoms with Crippen molar-refractivity contribution < 1.29 is 23.9 Å². The molecule has 0 aliphatic heterocycles. The maximum atomic E-state index is 12.9. The van der Waals surface area contributed by atoms with Gasteiger partial charge in [0.05, 0.1) is 36.8 Å². The maximum absolute atomic E-state index is 12.9. The predicted octanol–water partition coefficient (Wildman–Crippen LogP) is 5.78. The van der Waals surface area contributed by atoms with Crippen LogP contribution in [0.25, 0.3) is 22.5 Å². The van der Waals surface area contributed by atoms with E-state index in [2.05, 4.69) is 65.6 Å². The van der Waals surface area contributed by atoms with E-state index >= 15 is 0 Å². The Morgan fingerprint density at radius 3 is 2.45 bits per heavy atom. The molecule has 0 saturated carbocycles. The fraction of sp³-hybridized carbons (Fsp3) is 0.207. The minimum Gasteiger partial charge on any atom is -0.465 e. The first-order valence-electron chi connectivity index (χ1n) is 12.2. The number of methoxy groups -OCH3 is 2. The van der Waals surface area contributed by atoms with E-state index < -0.39 is 17.8 Å². The molecule has 40 heavy (non-hydrogen) atoms. The Labute approximate surface area is 240 Å². The highest BCUT2D eigenvalue weighted by molar-refractivity contribution is 7.99. The number of anilines is 1. The molecular weight excluding hydrogens is 548 g/mol. The van der Waals surface area contributed by atoms with Crippen LogP contribution in [-0.4, -0.2) is 52.6 Å². The number of ether oxygens (including phenoxy) is 2. The molecule has 2 aromatic heterocycles. The topological polar surface area (TPSA) is 112 Å². The highest BCUT2D eigenvalue weighted by Gasteiger charge is 2.22. The molecule has 2 heterocycles. The molecule has 4 rings (SSSR count). The lowest BCUT2D eigenvalue weighted by atomic mass is 10.0. The minimum atomic E-state index is -0.648. The van der Waals surface area contributed by atoms with Gasteiger partial charge in [-0.15, -0.1) is 28.1 Å². The summed E-state index contributed by atoms with van der Waals surface area (Å²) in [5.41, 5.74) is 4.77. The molecule has 206 valence electrons. The van der Waals surface area contributed by atoms with E-state index in [1.54, 1.807) is 17.4 Å². The number of hydrogen-bond donors (Lipinski definition) is 1. The van der Waals surface area contributed by atoms with Crippen LogP contribution in [-0.2, 0) is 20.8 Å². The molecule has 0 bridgehead atoms. The number of aryl methyl sites for hydroxylation is 2. The van der Waals surface area contributed by atoms with Gasteiger partial charge in [-0.05, 0) is 37.6 Å². The Bertz CT molecular complexity index is 1570. The molecule has 1 amide bonds. The van der Waals surface area contributed by atoms with Crippen LogP contribution in [0.15, 0.2) is 65.7 Å². The van der Waals surface area contributed by atoms with Crippen LogP contribution in [0.1, 0.15) is 31.2 Å². The standard InChI is InChI=1S/C29H28N4O5S2/c1-6-13-33-26(22-15-39-18(3)25(22)19-9-7-17(2)8-10-19)31-32-29(33)40-16-24(34)30-23-14-20(27(35)37-4)11-12-21(23)28(36)38-5/h6-12,14-15H,1,13,16H2,2-5H3,(H,30,34). The van der Waals surface area contributed by atoms with Crippen molar-refractivity contribution >= 4 is 46.6 Å². The molecule has 0 unspecified atom stereocenters. The van der Waals surface area contributed by atoms with Crippen LogP contribution >= 0.6 is 23.1 Å². The quantitative estimate of drug-likeness (QED) is 0.144. The Kier molecular flexibility index (Phi) is 9.18. The summed E-state index contributed by atoms with van der Waals surface area (Å²) in [5.74, 6) is -0.989. The molecular formula is C29H28N4O5S2. The molecule has 0 aliphatic carbocycles. The lowest BCUT2D eigenvalue weighted by molar-refractivity contribution is -0.113. The highest BCUT2D eigenvalue weighted by atomic mass is 32.2. The van der Waals surface area contributed by atoms with Crippen molar-refractivity contribution in [2.24, 2.45) is 0 Å². The number of nitrogens with one attached hydrogen (secondary N) is 1. The Morgan fingerprint density at radius 1 is 1.05 bits per heavy atom. The van der Waals surface area contributed by atoms with Gasteiger partial charge >= 0.3 is 11.9 Å². The monoisotopic (exact) mass is 576 g/mol. The summed E-state index contributed by atoms with van der Waals surface area (Å²) >= 11 is 2.84. The number of thioether (sulfide) groups is 1. The first kappa shape index (κ1) is 28.8. The van der Waals surface area contributed by atoms with E-state index in [0.717, 1.165) is 21.6 Å². The molecule has 4 aromatic rings. The Morgan fingerprint density at radius 2 is 1.77 bits per heavy atom. The van der Waals surface area contributed by atoms with E-state index in [9.17, 15) is 14.4 Å². The molecule has 11 heteroatoms. The van der Waals surface area contributed by atoms with Crippen molar-refractivity contribution in [2.45, 2.75) is 25.5 Å². The fourth-order valence-electron chi connectivity index (χ4n) is 4.08. The van der Waals surface area contributed by atoms with Crippen molar-refractivity contribution in [2.75, 3.05) is 25.3 Å². The molecule has 0 fully saturated rings. The maximum Gasteiger partial charge on any atom is 0.339 e. The number of thiophene rings is 1. The molecule has 0 aliphatic rings. The second-order valence-electron chi connectivity index (χ2n) is 8.73. The summed E-state index contributed by atoms with van der Waals surface area (Å²) in [5, 5.41) is 14.2. The van der Waals surface area contributed by atoms with Gasteiger partial charge in [0.25, 0.3) is 0 Å². The van der Waals surface area contributed by atoms with Crippen molar-refractivity contribution in [3.8, 4) is 22.5 Å². The van der Waals surface area contributed by atoms with Crippen LogP contribution in [0.4, 0.5) is 5.69 Å². The van der Waals surface area contributed by atoms with Gasteiger partial charge in [0.2, 0.25) is 5.91 Å². The smallest absolute Gasteiger partial charge is 0.339 e. The van der Waals surface area contributed by atoms with Crippen LogP contribution in [0, 0.1) is 13.8 Å². The Hall–Kier alpha value is -4.22. The van der Waals surface area contributed by atoms with E-state index in [1.165, 1.54) is 49.7 Å². The van der Waals surface area contributed by atoms with Crippen LogP contribution in [0.3, 0.4) is 0 Å². The van der Waals surface area contributed by atoms with E-state index in [-0.39, 0.29) is 22.6 Å². The summed E-state index contributed by atoms with van der Waals surface area (Å²) < 4.78 is 11.5. The van der Waals surface area contributed by atoms with Gasteiger partial charge in [0.15, 0.2) is 11.0 Å². The summed E-state index contributed by atoms with van der Waals surface area (Å²) in [6.07, 6.45) is 1.75. The number of benzene rings is 2. The third-order valence-electron chi connectivity index (χ3n) is 6.04. The van der Waals surface area contributed by atoms with Gasteiger partial charge in [-0.1, -0.05) is 47.7 Å². The van der Waals surface area contributed by atoms with Crippen molar-refractivity contribution in [3.63, 3.8) is 0 Å². The number of carbonyl (C=O) groups is 3. The first-order valence-corrected chi connectivity index (χ1v) is 14.1. The van der Waals surface area contributed by atoms with Gasteiger partial charge in [-0.3, -0.25) is 9.36 Å². The summed E-state index contributed by atoms with van der Waals surface area (Å²) in [6, 6.07) is 12.6. The number of carbonyl (C=O) groups excluding carboxylic acids is 3. The number of hydrogen-bond acceptors (Lipinski definition) is 9. The summed E-state index contributed by atoms with van der Waals surface area (Å²) in [7, 11) is 2.49. The van der Waals surface area contributed by atoms with Gasteiger partial charge in [-0.2, -0.15) is 0 Å². The summed E-state index contributed by atoms with van der Waals surface area (Å²) in [4.78, 5) is 38.3. The van der Waals surface area contributed by atoms with Crippen molar-refractivity contribution in [3.05, 3.63) is 82.1 Å². The van der Waals surface area contributed by atoms with Gasteiger partial charge in [0.1, 0.15) is 0 Å². The zero-order chi connectivity index (χ0) is 28.8. The third-order valence-corrected chi connectivity index (χ3v) is 7.92. The van der Waals surface area contributed by atoms with Crippen LogP contribution in [0.2, 0.25) is 0 Å². The zero-order valence-corrected chi connectivity index (χ0v) is 24.1.